The topological polar surface area (TPSA) is 89.8 Å². The van der Waals surface area contributed by atoms with Gasteiger partial charge in [-0.15, -0.1) is 0 Å². The molecule has 29 heavy (non-hydrogen) atoms. The first kappa shape index (κ1) is 18.7. The van der Waals surface area contributed by atoms with E-state index in [0.717, 1.165) is 15.9 Å². The number of nitro benzene ring substituents is 1. The molecule has 0 unspecified atom stereocenters. The number of methoxy groups -OCH3 is 1. The third-order valence-electron chi connectivity index (χ3n) is 4.43. The Kier molecular flexibility index (Phi) is 4.77. The minimum atomic E-state index is -0.752. The summed E-state index contributed by atoms with van der Waals surface area (Å²) in [6.45, 7) is 0. The average Bonchev–Trinajstić information content (AvgIpc) is 2.76. The zero-order valence-electron chi connectivity index (χ0n) is 15.2. The normalized spacial score (nSPS) is 12.0. The number of nitrogens with zero attached hydrogens (tertiary/aromatic N) is 2. The number of para-hydroxylation sites is 2. The van der Waals surface area contributed by atoms with Crippen LogP contribution < -0.4 is 4.90 Å². The van der Waals surface area contributed by atoms with Gasteiger partial charge < -0.3 is 4.74 Å². The smallest absolute Gasteiger partial charge is 0.338 e. The number of hydrogen-bond acceptors (Lipinski definition) is 6. The van der Waals surface area contributed by atoms with Crippen LogP contribution in [0.3, 0.4) is 0 Å². The summed E-state index contributed by atoms with van der Waals surface area (Å²) in [5.41, 5.74) is 0.956. The van der Waals surface area contributed by atoms with E-state index in [1.54, 1.807) is 11.8 Å². The van der Waals surface area contributed by atoms with Crippen molar-refractivity contribution in [3.05, 3.63) is 88.0 Å². The molecule has 0 fully saturated rings. The number of fused-ring (bicyclic) bond motifs is 2. The lowest BCUT2D eigenvalue weighted by molar-refractivity contribution is -0.384. The van der Waals surface area contributed by atoms with Gasteiger partial charge in [-0.3, -0.25) is 19.8 Å². The second kappa shape index (κ2) is 7.40. The molecule has 1 aliphatic heterocycles. The summed E-state index contributed by atoms with van der Waals surface area (Å²) in [4.78, 5) is 39.5. The molecule has 0 bridgehead atoms. The van der Waals surface area contributed by atoms with E-state index in [1.165, 1.54) is 24.1 Å². The Morgan fingerprint density at radius 3 is 2.03 bits per heavy atom. The number of rotatable bonds is 3. The van der Waals surface area contributed by atoms with Gasteiger partial charge in [-0.05, 0) is 30.3 Å². The Morgan fingerprint density at radius 2 is 1.48 bits per heavy atom. The quantitative estimate of drug-likeness (QED) is 0.352. The first-order valence-corrected chi connectivity index (χ1v) is 9.39. The summed E-state index contributed by atoms with van der Waals surface area (Å²) < 4.78 is 4.67. The maximum atomic E-state index is 13.5. The van der Waals surface area contributed by atoms with E-state index in [2.05, 4.69) is 4.74 Å². The molecule has 0 saturated heterocycles. The van der Waals surface area contributed by atoms with E-state index in [-0.39, 0.29) is 16.8 Å². The molecule has 0 N–H and O–H groups in total. The van der Waals surface area contributed by atoms with Crippen LogP contribution in [0.5, 0.6) is 0 Å². The minimum Gasteiger partial charge on any atom is -0.465 e. The van der Waals surface area contributed by atoms with Crippen molar-refractivity contribution in [1.82, 2.24) is 0 Å². The molecule has 0 spiro atoms. The molecule has 1 aliphatic rings. The Bertz CT molecular complexity index is 1120. The highest BCUT2D eigenvalue weighted by Gasteiger charge is 2.30. The van der Waals surface area contributed by atoms with Crippen LogP contribution in [0, 0.1) is 10.1 Å². The third-order valence-corrected chi connectivity index (χ3v) is 5.56. The fourth-order valence-corrected chi connectivity index (χ4v) is 4.19. The number of amides is 1. The number of esters is 1. The van der Waals surface area contributed by atoms with Gasteiger partial charge in [0.05, 0.1) is 29.0 Å². The second-order valence-electron chi connectivity index (χ2n) is 6.20. The summed E-state index contributed by atoms with van der Waals surface area (Å²) in [5, 5.41) is 11.3. The molecule has 0 aliphatic carbocycles. The van der Waals surface area contributed by atoms with E-state index >= 15 is 0 Å². The van der Waals surface area contributed by atoms with E-state index in [0.29, 0.717) is 11.4 Å². The summed E-state index contributed by atoms with van der Waals surface area (Å²) in [7, 11) is 1.18. The largest absolute Gasteiger partial charge is 0.465 e. The number of nitro groups is 1. The fourth-order valence-electron chi connectivity index (χ4n) is 3.13. The number of ether oxygens (including phenoxy) is 1. The molecule has 0 aromatic heterocycles. The second-order valence-corrected chi connectivity index (χ2v) is 7.28. The molecule has 4 rings (SSSR count). The lowest BCUT2D eigenvalue weighted by Crippen LogP contribution is -2.28. The van der Waals surface area contributed by atoms with Gasteiger partial charge in [-0.25, -0.2) is 4.79 Å². The van der Waals surface area contributed by atoms with Crippen molar-refractivity contribution in [2.24, 2.45) is 0 Å². The van der Waals surface area contributed by atoms with Crippen LogP contribution in [0.15, 0.2) is 76.5 Å². The molecule has 3 aromatic rings. The molecule has 3 aromatic carbocycles. The van der Waals surface area contributed by atoms with Gasteiger partial charge in [0.1, 0.15) is 0 Å². The summed E-state index contributed by atoms with van der Waals surface area (Å²) >= 11 is 1.54. The SMILES string of the molecule is COC(=O)c1cc(C(=O)N2c3ccccc3Sc3ccccc32)cc([N+](=O)[O-])c1. The summed E-state index contributed by atoms with van der Waals surface area (Å²) in [6, 6.07) is 18.4. The van der Waals surface area contributed by atoms with Crippen LogP contribution in [0.25, 0.3) is 0 Å². The van der Waals surface area contributed by atoms with Crippen LogP contribution in [0.1, 0.15) is 20.7 Å². The minimum absolute atomic E-state index is 0.0242. The number of carbonyl (C=O) groups excluding carboxylic acids is 2. The zero-order chi connectivity index (χ0) is 20.5. The molecule has 7 nitrogen and oxygen atoms in total. The van der Waals surface area contributed by atoms with Gasteiger partial charge in [0.2, 0.25) is 0 Å². The number of hydrogen-bond donors (Lipinski definition) is 0. The molecule has 144 valence electrons. The molecule has 1 amide bonds. The number of non-ortho nitro benzene ring substituents is 1. The standard InChI is InChI=1S/C21H14N2O5S/c1-28-21(25)14-10-13(11-15(12-14)23(26)27)20(24)22-16-6-2-4-8-18(16)29-19-9-5-3-7-17(19)22/h2-12H,1H3. The van der Waals surface area contributed by atoms with Gasteiger partial charge in [-0.2, -0.15) is 0 Å². The zero-order valence-corrected chi connectivity index (χ0v) is 16.0. The highest BCUT2D eigenvalue weighted by Crippen LogP contribution is 2.48. The van der Waals surface area contributed by atoms with Crippen molar-refractivity contribution in [3.8, 4) is 0 Å². The lowest BCUT2D eigenvalue weighted by Gasteiger charge is -2.31. The summed E-state index contributed by atoms with van der Waals surface area (Å²) in [6.07, 6.45) is 0. The van der Waals surface area contributed by atoms with Gasteiger partial charge in [0.25, 0.3) is 11.6 Å². The van der Waals surface area contributed by atoms with E-state index in [4.69, 9.17) is 0 Å². The molecule has 0 atom stereocenters. The maximum Gasteiger partial charge on any atom is 0.338 e. The molecule has 0 saturated carbocycles. The van der Waals surface area contributed by atoms with Crippen LogP contribution in [0.4, 0.5) is 17.1 Å². The van der Waals surface area contributed by atoms with E-state index in [9.17, 15) is 19.7 Å². The molecule has 8 heteroatoms. The van der Waals surface area contributed by atoms with Gasteiger partial charge >= 0.3 is 5.97 Å². The molecule has 1 heterocycles. The van der Waals surface area contributed by atoms with Crippen molar-refractivity contribution < 1.29 is 19.2 Å². The van der Waals surface area contributed by atoms with Gasteiger partial charge in [0, 0.05) is 27.5 Å². The highest BCUT2D eigenvalue weighted by molar-refractivity contribution is 7.99. The molecular formula is C21H14N2O5S. The first-order valence-electron chi connectivity index (χ1n) is 8.58. The highest BCUT2D eigenvalue weighted by atomic mass is 32.2. The average molecular weight is 406 g/mol. The van der Waals surface area contributed by atoms with Crippen molar-refractivity contribution in [2.45, 2.75) is 9.79 Å². The maximum absolute atomic E-state index is 13.5. The lowest BCUT2D eigenvalue weighted by atomic mass is 10.1. The van der Waals surface area contributed by atoms with Crippen molar-refractivity contribution in [1.29, 1.82) is 0 Å². The van der Waals surface area contributed by atoms with Gasteiger partial charge in [0.15, 0.2) is 0 Å². The Hall–Kier alpha value is -3.65. The van der Waals surface area contributed by atoms with Crippen molar-refractivity contribution in [3.63, 3.8) is 0 Å². The number of anilines is 2. The predicted molar refractivity (Wildman–Crippen MR) is 108 cm³/mol. The number of benzene rings is 3. The van der Waals surface area contributed by atoms with Crippen LogP contribution in [-0.2, 0) is 4.74 Å². The fraction of sp³-hybridized carbons (Fsp3) is 0.0476. The predicted octanol–water partition coefficient (Wildman–Crippen LogP) is 4.82. The third kappa shape index (κ3) is 3.34. The van der Waals surface area contributed by atoms with E-state index < -0.39 is 16.8 Å². The van der Waals surface area contributed by atoms with Crippen LogP contribution in [0.2, 0.25) is 0 Å². The van der Waals surface area contributed by atoms with Crippen LogP contribution in [-0.4, -0.2) is 23.9 Å². The van der Waals surface area contributed by atoms with Gasteiger partial charge in [-0.1, -0.05) is 36.0 Å². The van der Waals surface area contributed by atoms with E-state index in [1.807, 2.05) is 48.5 Å². The monoisotopic (exact) mass is 406 g/mol. The Labute approximate surface area is 170 Å². The summed E-state index contributed by atoms with van der Waals surface area (Å²) in [5.74, 6) is -1.23. The Balaban J connectivity index is 1.88. The van der Waals surface area contributed by atoms with Crippen LogP contribution >= 0.6 is 11.8 Å². The Morgan fingerprint density at radius 1 is 0.931 bits per heavy atom. The van der Waals surface area contributed by atoms with Crippen molar-refractivity contribution in [2.75, 3.05) is 12.0 Å². The molecule has 0 radical (unpaired) electrons. The van der Waals surface area contributed by atoms with Crippen molar-refractivity contribution >= 4 is 40.7 Å². The first-order chi connectivity index (χ1) is 14.0. The molecular weight excluding hydrogens is 392 g/mol. The number of carbonyl (C=O) groups is 2.